The molecule has 0 aromatic carbocycles. The van der Waals surface area contributed by atoms with Gasteiger partial charge in [0, 0.05) is 31.5 Å². The minimum absolute atomic E-state index is 0.0360. The van der Waals surface area contributed by atoms with Gasteiger partial charge in [-0.15, -0.1) is 24.5 Å². The second-order valence-corrected chi connectivity index (χ2v) is 7.67. The lowest BCUT2D eigenvalue weighted by atomic mass is 10.2. The first-order valence-electron chi connectivity index (χ1n) is 9.39. The number of likely N-dealkylation sites (tertiary alicyclic amines) is 1. The molecule has 3 rings (SSSR count). The Hall–Kier alpha value is -2.81. The molecule has 0 aliphatic carbocycles. The number of nitrogens with one attached hydrogen (secondary N) is 1. The number of alkyl halides is 6. The van der Waals surface area contributed by atoms with Crippen molar-refractivity contribution in [3.8, 4) is 5.88 Å². The molecule has 0 bridgehead atoms. The predicted molar refractivity (Wildman–Crippen MR) is 102 cm³/mol. The van der Waals surface area contributed by atoms with Gasteiger partial charge in [0.1, 0.15) is 12.7 Å². The van der Waals surface area contributed by atoms with Crippen LogP contribution in [-0.4, -0.2) is 67.7 Å². The SMILES string of the molecule is CNC(=O)c1csc2c(C(F)(F)F)cc(O[C@@H]3CCN(C(=O)OCCOC(F)(F)F)C3)nc12. The minimum Gasteiger partial charge on any atom is -0.472 e. The summed E-state index contributed by atoms with van der Waals surface area (Å²) in [4.78, 5) is 29.1. The van der Waals surface area contributed by atoms with Gasteiger partial charge in [0.25, 0.3) is 5.91 Å². The first-order chi connectivity index (χ1) is 15.4. The van der Waals surface area contributed by atoms with Crippen LogP contribution in [-0.2, 0) is 15.7 Å². The standard InChI is InChI=1S/C18H17F6N3O5S/c1-25-15(28)10-8-33-14-11(17(19,20)21)6-12(26-13(10)14)32-9-2-3-27(7-9)16(29)30-4-5-31-18(22,23)24/h6,8-9H,2-5,7H2,1H3,(H,25,28)/t9-/m1/s1. The maximum Gasteiger partial charge on any atom is 0.522 e. The van der Waals surface area contributed by atoms with Crippen molar-refractivity contribution in [3.63, 3.8) is 0 Å². The number of aromatic nitrogens is 1. The maximum absolute atomic E-state index is 13.6. The van der Waals surface area contributed by atoms with E-state index in [2.05, 4.69) is 19.8 Å². The highest BCUT2D eigenvalue weighted by atomic mass is 32.1. The number of nitrogens with zero attached hydrogens (tertiary/aromatic N) is 2. The summed E-state index contributed by atoms with van der Waals surface area (Å²) in [6, 6.07) is 0.724. The fraction of sp³-hybridized carbons (Fsp3) is 0.500. The van der Waals surface area contributed by atoms with E-state index in [1.54, 1.807) is 0 Å². The van der Waals surface area contributed by atoms with Crippen LogP contribution in [0.3, 0.4) is 0 Å². The molecule has 1 N–H and O–H groups in total. The fourth-order valence-corrected chi connectivity index (χ4v) is 4.11. The first-order valence-corrected chi connectivity index (χ1v) is 10.3. The normalized spacial score (nSPS) is 16.8. The Labute approximate surface area is 186 Å². The number of ether oxygens (including phenoxy) is 3. The Morgan fingerprint density at radius 1 is 1.24 bits per heavy atom. The summed E-state index contributed by atoms with van der Waals surface area (Å²) in [5.41, 5.74) is -1.21. The number of halogens is 6. The van der Waals surface area contributed by atoms with Gasteiger partial charge in [-0.25, -0.2) is 9.78 Å². The first kappa shape index (κ1) is 24.8. The molecule has 1 aliphatic heterocycles. The number of carbonyl (C=O) groups is 2. The third-order valence-electron chi connectivity index (χ3n) is 4.54. The van der Waals surface area contributed by atoms with E-state index in [9.17, 15) is 35.9 Å². The molecule has 1 fully saturated rings. The van der Waals surface area contributed by atoms with Gasteiger partial charge in [0.2, 0.25) is 5.88 Å². The van der Waals surface area contributed by atoms with E-state index in [0.29, 0.717) is 0 Å². The molecule has 8 nitrogen and oxygen atoms in total. The van der Waals surface area contributed by atoms with Crippen LogP contribution in [0.4, 0.5) is 31.1 Å². The smallest absolute Gasteiger partial charge is 0.472 e. The Kier molecular flexibility index (Phi) is 7.21. The van der Waals surface area contributed by atoms with Crippen molar-refractivity contribution < 1.29 is 50.1 Å². The number of thiophene rings is 1. The number of fused-ring (bicyclic) bond motifs is 1. The fourth-order valence-electron chi connectivity index (χ4n) is 3.09. The van der Waals surface area contributed by atoms with E-state index >= 15 is 0 Å². The molecule has 2 amide bonds. The van der Waals surface area contributed by atoms with Crippen LogP contribution in [0, 0.1) is 0 Å². The van der Waals surface area contributed by atoms with Gasteiger partial charge in [-0.05, 0) is 0 Å². The number of hydrogen-bond donors (Lipinski definition) is 1. The topological polar surface area (TPSA) is 90.0 Å². The molecule has 0 radical (unpaired) electrons. The molecule has 1 saturated heterocycles. The van der Waals surface area contributed by atoms with Crippen LogP contribution >= 0.6 is 11.3 Å². The second-order valence-electron chi connectivity index (χ2n) is 6.80. The molecule has 0 spiro atoms. The number of hydrogen-bond acceptors (Lipinski definition) is 7. The van der Waals surface area contributed by atoms with Crippen molar-refractivity contribution >= 4 is 33.6 Å². The summed E-state index contributed by atoms with van der Waals surface area (Å²) in [5, 5.41) is 3.60. The highest BCUT2D eigenvalue weighted by Gasteiger charge is 2.36. The summed E-state index contributed by atoms with van der Waals surface area (Å²) in [6.45, 7) is -1.47. The van der Waals surface area contributed by atoms with E-state index in [0.717, 1.165) is 22.3 Å². The predicted octanol–water partition coefficient (Wildman–Crippen LogP) is 3.80. The highest BCUT2D eigenvalue weighted by molar-refractivity contribution is 7.17. The van der Waals surface area contributed by atoms with Crippen LogP contribution < -0.4 is 10.1 Å². The van der Waals surface area contributed by atoms with Crippen LogP contribution in [0.1, 0.15) is 22.3 Å². The van der Waals surface area contributed by atoms with E-state index < -0.39 is 49.4 Å². The van der Waals surface area contributed by atoms with Crippen LogP contribution in [0.25, 0.3) is 10.2 Å². The van der Waals surface area contributed by atoms with E-state index in [4.69, 9.17) is 4.74 Å². The van der Waals surface area contributed by atoms with Gasteiger partial charge in [0.15, 0.2) is 0 Å². The molecule has 3 heterocycles. The van der Waals surface area contributed by atoms with Crippen molar-refractivity contribution in [1.82, 2.24) is 15.2 Å². The molecular formula is C18H17F6N3O5S. The lowest BCUT2D eigenvalue weighted by Crippen LogP contribution is -2.32. The van der Waals surface area contributed by atoms with Gasteiger partial charge >= 0.3 is 18.6 Å². The third kappa shape index (κ3) is 6.16. The summed E-state index contributed by atoms with van der Waals surface area (Å²) >= 11 is 0.729. The lowest BCUT2D eigenvalue weighted by Gasteiger charge is -2.18. The summed E-state index contributed by atoms with van der Waals surface area (Å²) in [6.07, 6.45) is -11.0. The second kappa shape index (κ2) is 9.59. The van der Waals surface area contributed by atoms with Gasteiger partial charge in [-0.3, -0.25) is 9.53 Å². The largest absolute Gasteiger partial charge is 0.522 e. The van der Waals surface area contributed by atoms with Crippen LogP contribution in [0.2, 0.25) is 0 Å². The summed E-state index contributed by atoms with van der Waals surface area (Å²) in [5.74, 6) is -0.986. The van der Waals surface area contributed by atoms with Gasteiger partial charge in [-0.2, -0.15) is 13.2 Å². The average Bonchev–Trinajstić information content (AvgIpc) is 3.35. The average molecular weight is 501 g/mol. The van der Waals surface area contributed by atoms with Crippen molar-refractivity contribution in [2.45, 2.75) is 25.1 Å². The molecule has 2 aromatic rings. The molecule has 1 aliphatic rings. The molecule has 0 saturated carbocycles. The van der Waals surface area contributed by atoms with Crippen LogP contribution in [0.15, 0.2) is 11.4 Å². The lowest BCUT2D eigenvalue weighted by molar-refractivity contribution is -0.326. The van der Waals surface area contributed by atoms with Gasteiger partial charge < -0.3 is 19.7 Å². The van der Waals surface area contributed by atoms with Gasteiger partial charge in [-0.1, -0.05) is 0 Å². The minimum atomic E-state index is -4.84. The zero-order chi connectivity index (χ0) is 24.4. The summed E-state index contributed by atoms with van der Waals surface area (Å²) in [7, 11) is 1.33. The Morgan fingerprint density at radius 2 is 1.97 bits per heavy atom. The molecule has 182 valence electrons. The molecule has 15 heteroatoms. The Bertz CT molecular complexity index is 1030. The van der Waals surface area contributed by atoms with Crippen LogP contribution in [0.5, 0.6) is 5.88 Å². The Morgan fingerprint density at radius 3 is 2.61 bits per heavy atom. The van der Waals surface area contributed by atoms with E-state index in [-0.39, 0.29) is 41.2 Å². The molecule has 1 atom stereocenters. The number of rotatable bonds is 6. The quantitative estimate of drug-likeness (QED) is 0.479. The molecular weight excluding hydrogens is 484 g/mol. The maximum atomic E-state index is 13.6. The van der Waals surface area contributed by atoms with Crippen molar-refractivity contribution in [1.29, 1.82) is 0 Å². The van der Waals surface area contributed by atoms with E-state index in [1.807, 2.05) is 0 Å². The number of pyridine rings is 1. The Balaban J connectivity index is 1.69. The zero-order valence-electron chi connectivity index (χ0n) is 16.9. The molecule has 33 heavy (non-hydrogen) atoms. The number of amides is 2. The molecule has 0 unspecified atom stereocenters. The number of carbonyl (C=O) groups excluding carboxylic acids is 2. The monoisotopic (exact) mass is 501 g/mol. The van der Waals surface area contributed by atoms with Crippen molar-refractivity contribution in [3.05, 3.63) is 22.6 Å². The summed E-state index contributed by atoms with van der Waals surface area (Å²) < 4.78 is 90.0. The van der Waals surface area contributed by atoms with E-state index in [1.165, 1.54) is 12.4 Å². The van der Waals surface area contributed by atoms with Crippen molar-refractivity contribution in [2.24, 2.45) is 0 Å². The van der Waals surface area contributed by atoms with Crippen molar-refractivity contribution in [2.75, 3.05) is 33.4 Å². The molecule has 2 aromatic heterocycles. The zero-order valence-corrected chi connectivity index (χ0v) is 17.7. The third-order valence-corrected chi connectivity index (χ3v) is 5.54. The highest BCUT2D eigenvalue weighted by Crippen LogP contribution is 2.40. The van der Waals surface area contributed by atoms with Gasteiger partial charge in [0.05, 0.1) is 34.5 Å².